The molecule has 0 radical (unpaired) electrons. The topological polar surface area (TPSA) is 77.8 Å². The number of methoxy groups -OCH3 is 1. The third kappa shape index (κ3) is 4.04. The molecule has 1 atom stereocenters. The standard InChI is InChI=1S/C20H20F2N4O3/c1-28-17-8-13(23-20(27)15-6-2-5-14(24-15)18(21)22)9-26-10-16(25-19(17)26)12-4-3-7-29-11-12/h2,5-6,8-10,12,18H,3-4,7,11H2,1H3,(H,23,27). The van der Waals surface area contributed by atoms with E-state index >= 15 is 0 Å². The Labute approximate surface area is 165 Å². The highest BCUT2D eigenvalue weighted by molar-refractivity contribution is 6.03. The van der Waals surface area contributed by atoms with E-state index in [1.807, 2.05) is 6.20 Å². The SMILES string of the molecule is COc1cc(NC(=O)c2cccc(C(F)F)n2)cn2cc(C3CCCOC3)nc12. The quantitative estimate of drug-likeness (QED) is 0.702. The normalized spacial score (nSPS) is 16.9. The van der Waals surface area contributed by atoms with Crippen LogP contribution in [0.25, 0.3) is 5.65 Å². The molecule has 1 unspecified atom stereocenters. The lowest BCUT2D eigenvalue weighted by Crippen LogP contribution is -2.15. The number of carbonyl (C=O) groups is 1. The van der Waals surface area contributed by atoms with E-state index in [1.165, 1.54) is 25.3 Å². The first kappa shape index (κ1) is 19.3. The first-order valence-electron chi connectivity index (χ1n) is 9.26. The number of hydrogen-bond acceptors (Lipinski definition) is 5. The molecule has 3 aromatic heterocycles. The zero-order chi connectivity index (χ0) is 20.4. The summed E-state index contributed by atoms with van der Waals surface area (Å²) in [6.07, 6.45) is 2.84. The highest BCUT2D eigenvalue weighted by Gasteiger charge is 2.21. The Bertz CT molecular complexity index is 1030. The molecular formula is C20H20F2N4O3. The summed E-state index contributed by atoms with van der Waals surface area (Å²) < 4.78 is 38.4. The maximum Gasteiger partial charge on any atom is 0.280 e. The number of imidazole rings is 1. The molecule has 1 aliphatic heterocycles. The number of anilines is 1. The fraction of sp³-hybridized carbons (Fsp3) is 0.350. The number of alkyl halides is 2. The van der Waals surface area contributed by atoms with Gasteiger partial charge >= 0.3 is 0 Å². The Morgan fingerprint density at radius 1 is 1.34 bits per heavy atom. The van der Waals surface area contributed by atoms with Crippen molar-refractivity contribution in [3.8, 4) is 5.75 Å². The van der Waals surface area contributed by atoms with Crippen molar-refractivity contribution in [2.45, 2.75) is 25.2 Å². The first-order chi connectivity index (χ1) is 14.0. The summed E-state index contributed by atoms with van der Waals surface area (Å²) in [5, 5.41) is 2.68. The van der Waals surface area contributed by atoms with Crippen LogP contribution in [0.5, 0.6) is 5.75 Å². The molecule has 29 heavy (non-hydrogen) atoms. The largest absolute Gasteiger partial charge is 0.493 e. The molecule has 1 fully saturated rings. The minimum Gasteiger partial charge on any atom is -0.493 e. The summed E-state index contributed by atoms with van der Waals surface area (Å²) in [4.78, 5) is 20.9. The van der Waals surface area contributed by atoms with Crippen LogP contribution in [0.2, 0.25) is 0 Å². The smallest absolute Gasteiger partial charge is 0.280 e. The molecule has 1 aliphatic rings. The highest BCUT2D eigenvalue weighted by Crippen LogP contribution is 2.29. The van der Waals surface area contributed by atoms with E-state index < -0.39 is 18.0 Å². The Morgan fingerprint density at radius 2 is 2.21 bits per heavy atom. The van der Waals surface area contributed by atoms with Crippen molar-refractivity contribution >= 4 is 17.2 Å². The summed E-state index contributed by atoms with van der Waals surface area (Å²) in [5.41, 5.74) is 1.43. The second-order valence-corrected chi connectivity index (χ2v) is 6.81. The van der Waals surface area contributed by atoms with Crippen molar-refractivity contribution in [1.29, 1.82) is 0 Å². The van der Waals surface area contributed by atoms with E-state index in [0.717, 1.165) is 25.1 Å². The molecule has 0 spiro atoms. The number of pyridine rings is 2. The average Bonchev–Trinajstić information content (AvgIpc) is 3.18. The van der Waals surface area contributed by atoms with Gasteiger partial charge in [0.05, 0.1) is 25.1 Å². The molecule has 9 heteroatoms. The molecule has 0 aliphatic carbocycles. The molecule has 0 saturated carbocycles. The molecule has 152 valence electrons. The molecule has 4 rings (SSSR count). The van der Waals surface area contributed by atoms with Gasteiger partial charge in [0.15, 0.2) is 11.4 Å². The number of halogens is 2. The second kappa shape index (κ2) is 8.12. The van der Waals surface area contributed by atoms with Crippen molar-refractivity contribution in [2.24, 2.45) is 0 Å². The first-order valence-corrected chi connectivity index (χ1v) is 9.26. The fourth-order valence-electron chi connectivity index (χ4n) is 3.37. The predicted octanol–water partition coefficient (Wildman–Crippen LogP) is 3.82. The third-order valence-electron chi connectivity index (χ3n) is 4.82. The minimum atomic E-state index is -2.74. The molecule has 0 bridgehead atoms. The van der Waals surface area contributed by atoms with Crippen LogP contribution in [0.1, 0.15) is 47.1 Å². The van der Waals surface area contributed by atoms with Crippen molar-refractivity contribution < 1.29 is 23.0 Å². The lowest BCUT2D eigenvalue weighted by molar-refractivity contribution is 0.0794. The van der Waals surface area contributed by atoms with Gasteiger partial charge in [0.25, 0.3) is 12.3 Å². The minimum absolute atomic E-state index is 0.0902. The van der Waals surface area contributed by atoms with Gasteiger partial charge in [0.1, 0.15) is 11.4 Å². The van der Waals surface area contributed by atoms with Crippen LogP contribution in [-0.4, -0.2) is 40.6 Å². The van der Waals surface area contributed by atoms with Crippen molar-refractivity contribution in [3.63, 3.8) is 0 Å². The number of nitrogens with one attached hydrogen (secondary N) is 1. The Hall–Kier alpha value is -3.07. The van der Waals surface area contributed by atoms with E-state index in [4.69, 9.17) is 9.47 Å². The van der Waals surface area contributed by atoms with Crippen LogP contribution in [0.3, 0.4) is 0 Å². The van der Waals surface area contributed by atoms with Crippen molar-refractivity contribution in [2.75, 3.05) is 25.6 Å². The van der Waals surface area contributed by atoms with Gasteiger partial charge < -0.3 is 19.2 Å². The third-order valence-corrected chi connectivity index (χ3v) is 4.82. The van der Waals surface area contributed by atoms with E-state index in [2.05, 4.69) is 15.3 Å². The number of ether oxygens (including phenoxy) is 2. The Kier molecular flexibility index (Phi) is 5.39. The average molecular weight is 402 g/mol. The fourth-order valence-corrected chi connectivity index (χ4v) is 3.37. The zero-order valence-electron chi connectivity index (χ0n) is 15.8. The maximum absolute atomic E-state index is 12.8. The number of fused-ring (bicyclic) bond motifs is 1. The number of hydrogen-bond donors (Lipinski definition) is 1. The lowest BCUT2D eigenvalue weighted by Gasteiger charge is -2.19. The van der Waals surface area contributed by atoms with Gasteiger partial charge in [-0.2, -0.15) is 0 Å². The van der Waals surface area contributed by atoms with Crippen molar-refractivity contribution in [1.82, 2.24) is 14.4 Å². The van der Waals surface area contributed by atoms with Crippen molar-refractivity contribution in [3.05, 3.63) is 53.7 Å². The molecular weight excluding hydrogens is 382 g/mol. The summed E-state index contributed by atoms with van der Waals surface area (Å²) in [6, 6.07) is 5.58. The number of aromatic nitrogens is 3. The summed E-state index contributed by atoms with van der Waals surface area (Å²) in [5.74, 6) is 0.114. The molecule has 1 saturated heterocycles. The Balaban J connectivity index is 1.62. The lowest BCUT2D eigenvalue weighted by atomic mass is 9.99. The van der Waals surface area contributed by atoms with Crippen LogP contribution in [0.15, 0.2) is 36.7 Å². The monoisotopic (exact) mass is 402 g/mol. The zero-order valence-corrected chi connectivity index (χ0v) is 15.8. The molecule has 4 heterocycles. The molecule has 3 aromatic rings. The van der Waals surface area contributed by atoms with Gasteiger partial charge in [-0.1, -0.05) is 6.07 Å². The van der Waals surface area contributed by atoms with E-state index in [9.17, 15) is 13.6 Å². The number of amides is 1. The highest BCUT2D eigenvalue weighted by atomic mass is 19.3. The molecule has 0 aromatic carbocycles. The summed E-state index contributed by atoms with van der Waals surface area (Å²) in [6.45, 7) is 1.39. The van der Waals surface area contributed by atoms with E-state index in [1.54, 1.807) is 16.7 Å². The van der Waals surface area contributed by atoms with E-state index in [0.29, 0.717) is 23.7 Å². The number of nitrogens with zero attached hydrogens (tertiary/aromatic N) is 3. The van der Waals surface area contributed by atoms with E-state index in [-0.39, 0.29) is 11.6 Å². The predicted molar refractivity (Wildman–Crippen MR) is 102 cm³/mol. The van der Waals surface area contributed by atoms with Gasteiger partial charge in [-0.25, -0.2) is 18.7 Å². The molecule has 1 N–H and O–H groups in total. The van der Waals surface area contributed by atoms with Crippen LogP contribution in [0, 0.1) is 0 Å². The van der Waals surface area contributed by atoms with Gasteiger partial charge in [0, 0.05) is 31.0 Å². The van der Waals surface area contributed by atoms with Crippen LogP contribution in [0.4, 0.5) is 14.5 Å². The maximum atomic E-state index is 12.8. The van der Waals surface area contributed by atoms with Gasteiger partial charge in [-0.15, -0.1) is 0 Å². The second-order valence-electron chi connectivity index (χ2n) is 6.81. The van der Waals surface area contributed by atoms with Crippen LogP contribution in [-0.2, 0) is 4.74 Å². The van der Waals surface area contributed by atoms with Crippen LogP contribution >= 0.6 is 0 Å². The number of carbonyl (C=O) groups excluding carboxylic acids is 1. The molecule has 1 amide bonds. The van der Waals surface area contributed by atoms with Gasteiger partial charge in [-0.05, 0) is 25.0 Å². The molecule has 7 nitrogen and oxygen atoms in total. The van der Waals surface area contributed by atoms with Gasteiger partial charge in [-0.3, -0.25) is 4.79 Å². The summed E-state index contributed by atoms with van der Waals surface area (Å²) in [7, 11) is 1.52. The van der Waals surface area contributed by atoms with Gasteiger partial charge in [0.2, 0.25) is 0 Å². The number of rotatable bonds is 5. The Morgan fingerprint density at radius 3 is 2.93 bits per heavy atom. The van der Waals surface area contributed by atoms with Crippen LogP contribution < -0.4 is 10.1 Å². The summed E-state index contributed by atoms with van der Waals surface area (Å²) >= 11 is 0.